The molecule has 5 nitrogen and oxygen atoms in total. The lowest BCUT2D eigenvalue weighted by Crippen LogP contribution is -2.10. The van der Waals surface area contributed by atoms with Crippen LogP contribution in [0.2, 0.25) is 0 Å². The quantitative estimate of drug-likeness (QED) is 0.561. The van der Waals surface area contributed by atoms with Gasteiger partial charge in [0.15, 0.2) is 11.5 Å². The average molecular weight is 330 g/mol. The number of hydrogen-bond donors (Lipinski definition) is 0. The van der Waals surface area contributed by atoms with E-state index >= 15 is 0 Å². The van der Waals surface area contributed by atoms with Crippen LogP contribution in [0, 0.1) is 0 Å². The highest BCUT2D eigenvalue weighted by Gasteiger charge is 2.19. The van der Waals surface area contributed by atoms with Crippen molar-refractivity contribution < 1.29 is 23.8 Å². The Hall–Kier alpha value is -2.56. The summed E-state index contributed by atoms with van der Waals surface area (Å²) >= 11 is 0. The molecule has 0 heterocycles. The Morgan fingerprint density at radius 1 is 0.875 bits per heavy atom. The summed E-state index contributed by atoms with van der Waals surface area (Å²) in [5.41, 5.74) is 0. The summed E-state index contributed by atoms with van der Waals surface area (Å²) in [6.45, 7) is 5.91. The van der Waals surface area contributed by atoms with Gasteiger partial charge in [0, 0.05) is 29.7 Å². The molecule has 0 atom stereocenters. The van der Waals surface area contributed by atoms with Gasteiger partial charge in [-0.3, -0.25) is 9.59 Å². The Balaban J connectivity index is 2.60. The molecular weight excluding hydrogens is 308 g/mol. The summed E-state index contributed by atoms with van der Waals surface area (Å²) in [7, 11) is 0. The van der Waals surface area contributed by atoms with E-state index in [-0.39, 0.29) is 24.8 Å². The smallest absolute Gasteiger partial charge is 0.311 e. The van der Waals surface area contributed by atoms with Crippen LogP contribution in [0.4, 0.5) is 0 Å². The van der Waals surface area contributed by atoms with E-state index in [0.717, 1.165) is 6.42 Å². The fourth-order valence-corrected chi connectivity index (χ4v) is 2.18. The van der Waals surface area contributed by atoms with Gasteiger partial charge in [-0.1, -0.05) is 45.0 Å². The molecule has 0 amide bonds. The zero-order valence-corrected chi connectivity index (χ0v) is 14.3. The second kappa shape index (κ2) is 8.34. The Morgan fingerprint density at radius 3 is 2.12 bits per heavy atom. The largest absolute Gasteiger partial charge is 0.490 e. The molecule has 24 heavy (non-hydrogen) atoms. The fourth-order valence-electron chi connectivity index (χ4n) is 2.18. The van der Waals surface area contributed by atoms with Crippen LogP contribution in [0.5, 0.6) is 17.2 Å². The summed E-state index contributed by atoms with van der Waals surface area (Å²) < 4.78 is 16.6. The molecule has 0 fully saturated rings. The second-order valence-corrected chi connectivity index (χ2v) is 5.25. The maximum atomic E-state index is 11.8. The first-order valence-corrected chi connectivity index (χ1v) is 8.20. The van der Waals surface area contributed by atoms with Gasteiger partial charge in [0.25, 0.3) is 0 Å². The van der Waals surface area contributed by atoms with Crippen molar-refractivity contribution in [2.75, 3.05) is 6.61 Å². The second-order valence-electron chi connectivity index (χ2n) is 5.25. The van der Waals surface area contributed by atoms with Crippen LogP contribution in [-0.4, -0.2) is 18.5 Å². The first kappa shape index (κ1) is 17.8. The molecule has 0 spiro atoms. The van der Waals surface area contributed by atoms with Gasteiger partial charge in [0.2, 0.25) is 0 Å². The minimum atomic E-state index is -0.347. The van der Waals surface area contributed by atoms with Gasteiger partial charge in [0.05, 0.1) is 6.61 Å². The maximum absolute atomic E-state index is 11.8. The number of ether oxygens (including phenoxy) is 3. The molecule has 0 saturated heterocycles. The van der Waals surface area contributed by atoms with Crippen LogP contribution >= 0.6 is 0 Å². The Kier molecular flexibility index (Phi) is 6.18. The highest BCUT2D eigenvalue weighted by atomic mass is 16.6. The van der Waals surface area contributed by atoms with Crippen molar-refractivity contribution in [2.45, 2.75) is 40.0 Å². The van der Waals surface area contributed by atoms with E-state index in [4.69, 9.17) is 14.2 Å². The van der Waals surface area contributed by atoms with Crippen molar-refractivity contribution in [1.82, 2.24) is 0 Å². The molecule has 2 aromatic rings. The molecule has 0 bridgehead atoms. The summed E-state index contributed by atoms with van der Waals surface area (Å²) in [6, 6.07) is 8.92. The van der Waals surface area contributed by atoms with E-state index < -0.39 is 0 Å². The third kappa shape index (κ3) is 4.04. The molecule has 0 aromatic heterocycles. The molecule has 0 radical (unpaired) electrons. The fraction of sp³-hybridized carbons (Fsp3) is 0.368. The number of carbonyl (C=O) groups excluding carboxylic acids is 2. The predicted octanol–water partition coefficient (Wildman–Crippen LogP) is 4.26. The number of hydrogen-bond acceptors (Lipinski definition) is 5. The lowest BCUT2D eigenvalue weighted by atomic mass is 10.1. The highest BCUT2D eigenvalue weighted by Crippen LogP contribution is 2.42. The first-order valence-electron chi connectivity index (χ1n) is 8.20. The molecule has 0 unspecified atom stereocenters. The molecule has 0 aliphatic heterocycles. The third-order valence-corrected chi connectivity index (χ3v) is 3.40. The summed E-state index contributed by atoms with van der Waals surface area (Å²) in [5, 5.41) is 1.37. The number of benzene rings is 2. The van der Waals surface area contributed by atoms with Crippen LogP contribution in [0.3, 0.4) is 0 Å². The molecule has 0 aliphatic carbocycles. The average Bonchev–Trinajstić information content (AvgIpc) is 2.61. The van der Waals surface area contributed by atoms with Gasteiger partial charge in [-0.2, -0.15) is 0 Å². The molecule has 0 aliphatic rings. The van der Waals surface area contributed by atoms with Crippen molar-refractivity contribution in [3.8, 4) is 17.2 Å². The maximum Gasteiger partial charge on any atom is 0.311 e. The van der Waals surface area contributed by atoms with Gasteiger partial charge >= 0.3 is 11.9 Å². The van der Waals surface area contributed by atoms with Crippen LogP contribution in [-0.2, 0) is 9.59 Å². The van der Waals surface area contributed by atoms with Gasteiger partial charge in [0.1, 0.15) is 5.75 Å². The summed E-state index contributed by atoms with van der Waals surface area (Å²) in [5.74, 6) is 0.484. The third-order valence-electron chi connectivity index (χ3n) is 3.40. The SMILES string of the molecule is CCCOc1cc(OC(=O)CC)c2ccccc2c1OC(=O)CC. The van der Waals surface area contributed by atoms with Crippen molar-refractivity contribution in [1.29, 1.82) is 0 Å². The van der Waals surface area contributed by atoms with Gasteiger partial charge in [-0.15, -0.1) is 0 Å². The van der Waals surface area contributed by atoms with Crippen molar-refractivity contribution in [3.05, 3.63) is 30.3 Å². The highest BCUT2D eigenvalue weighted by molar-refractivity contribution is 5.98. The topological polar surface area (TPSA) is 61.8 Å². The first-order chi connectivity index (χ1) is 11.6. The van der Waals surface area contributed by atoms with Crippen LogP contribution < -0.4 is 14.2 Å². The molecule has 0 saturated carbocycles. The van der Waals surface area contributed by atoms with E-state index in [9.17, 15) is 9.59 Å². The molecule has 5 heteroatoms. The number of esters is 2. The lowest BCUT2D eigenvalue weighted by molar-refractivity contribution is -0.135. The number of rotatable bonds is 7. The number of fused-ring (bicyclic) bond motifs is 1. The molecule has 2 aromatic carbocycles. The van der Waals surface area contributed by atoms with Crippen molar-refractivity contribution in [3.63, 3.8) is 0 Å². The Labute approximate surface area is 141 Å². The number of carbonyl (C=O) groups is 2. The van der Waals surface area contributed by atoms with E-state index in [1.165, 1.54) is 0 Å². The molecular formula is C19H22O5. The van der Waals surface area contributed by atoms with Crippen molar-refractivity contribution in [2.24, 2.45) is 0 Å². The zero-order valence-electron chi connectivity index (χ0n) is 14.3. The molecule has 128 valence electrons. The molecule has 2 rings (SSSR count). The van der Waals surface area contributed by atoms with Gasteiger partial charge < -0.3 is 14.2 Å². The minimum absolute atomic E-state index is 0.258. The van der Waals surface area contributed by atoms with Gasteiger partial charge in [-0.05, 0) is 6.42 Å². The van der Waals surface area contributed by atoms with Crippen LogP contribution in [0.25, 0.3) is 10.8 Å². The Morgan fingerprint density at radius 2 is 1.50 bits per heavy atom. The summed E-state index contributed by atoms with van der Waals surface area (Å²) in [4.78, 5) is 23.5. The van der Waals surface area contributed by atoms with Crippen LogP contribution in [0.1, 0.15) is 40.0 Å². The summed E-state index contributed by atoms with van der Waals surface area (Å²) in [6.07, 6.45) is 1.33. The predicted molar refractivity (Wildman–Crippen MR) is 91.6 cm³/mol. The van der Waals surface area contributed by atoms with Crippen LogP contribution in [0.15, 0.2) is 30.3 Å². The zero-order chi connectivity index (χ0) is 17.5. The molecule has 0 N–H and O–H groups in total. The van der Waals surface area contributed by atoms with Gasteiger partial charge in [-0.25, -0.2) is 0 Å². The van der Waals surface area contributed by atoms with E-state index in [1.54, 1.807) is 19.9 Å². The van der Waals surface area contributed by atoms with Crippen molar-refractivity contribution >= 4 is 22.7 Å². The normalized spacial score (nSPS) is 10.5. The van der Waals surface area contributed by atoms with E-state index in [0.29, 0.717) is 34.6 Å². The Bertz CT molecular complexity index is 736. The van der Waals surface area contributed by atoms with E-state index in [1.807, 2.05) is 31.2 Å². The minimum Gasteiger partial charge on any atom is -0.490 e. The standard InChI is InChI=1S/C19H22O5/c1-4-11-22-16-12-15(23-17(20)5-2)13-9-7-8-10-14(13)19(16)24-18(21)6-3/h7-10,12H,4-6,11H2,1-3H3. The monoisotopic (exact) mass is 330 g/mol. The van der Waals surface area contributed by atoms with E-state index in [2.05, 4.69) is 0 Å². The lowest BCUT2D eigenvalue weighted by Gasteiger charge is -2.16.